The summed E-state index contributed by atoms with van der Waals surface area (Å²) >= 11 is 0. The molecule has 4 aromatic rings. The molecule has 0 bridgehead atoms. The fourth-order valence-corrected chi connectivity index (χ4v) is 4.82. The maximum absolute atomic E-state index is 13.3. The Balaban J connectivity index is 1.70. The summed E-state index contributed by atoms with van der Waals surface area (Å²) in [5, 5.41) is 13.5. The van der Waals surface area contributed by atoms with Gasteiger partial charge in [0.05, 0.1) is 11.3 Å². The van der Waals surface area contributed by atoms with Crippen molar-refractivity contribution in [3.8, 4) is 11.1 Å². The fourth-order valence-electron chi connectivity index (χ4n) is 4.82. The number of pyridine rings is 1. The predicted molar refractivity (Wildman–Crippen MR) is 114 cm³/mol. The molecule has 3 aromatic heterocycles. The average molecular weight is 387 g/mol. The van der Waals surface area contributed by atoms with Gasteiger partial charge in [-0.25, -0.2) is 4.52 Å². The lowest BCUT2D eigenvalue weighted by atomic mass is 9.78. The Hall–Kier alpha value is -3.02. The van der Waals surface area contributed by atoms with Crippen molar-refractivity contribution in [3.63, 3.8) is 0 Å². The van der Waals surface area contributed by atoms with Crippen LogP contribution in [0.15, 0.2) is 47.4 Å². The first-order valence-electron chi connectivity index (χ1n) is 10.4. The Labute approximate surface area is 169 Å². The highest BCUT2D eigenvalue weighted by atomic mass is 16.1. The standard InChI is InChI=1S/C23H25N5O/c1-14-8-7-11-18(15(14)2)27-13-12-19-21(23(27)29)24-25-22-20(16(3)26-28(19)22)17-9-5-4-6-10-17/h4-6,9-10,12-15,18H,7-8,11H2,1-3H3/t14-,15-,18-/m1/s1. The minimum absolute atomic E-state index is 0.0720. The van der Waals surface area contributed by atoms with Gasteiger partial charge in [0.15, 0.2) is 11.2 Å². The topological polar surface area (TPSA) is 65.1 Å². The molecule has 1 aliphatic carbocycles. The minimum Gasteiger partial charge on any atom is -0.310 e. The fraction of sp³-hybridized carbons (Fsp3) is 0.391. The molecule has 0 radical (unpaired) electrons. The molecule has 0 spiro atoms. The normalized spacial score (nSPS) is 22.4. The van der Waals surface area contributed by atoms with Gasteiger partial charge in [0.25, 0.3) is 5.56 Å². The maximum Gasteiger partial charge on any atom is 0.280 e. The van der Waals surface area contributed by atoms with Crippen LogP contribution in [0.1, 0.15) is 44.8 Å². The van der Waals surface area contributed by atoms with Crippen LogP contribution in [0.25, 0.3) is 27.8 Å². The third-order valence-electron chi connectivity index (χ3n) is 6.67. The highest BCUT2D eigenvalue weighted by Crippen LogP contribution is 2.37. The molecule has 148 valence electrons. The van der Waals surface area contributed by atoms with Crippen molar-refractivity contribution in [2.45, 2.75) is 46.1 Å². The molecular formula is C23H25N5O. The van der Waals surface area contributed by atoms with Gasteiger partial charge in [0.2, 0.25) is 0 Å². The molecule has 1 fully saturated rings. The summed E-state index contributed by atoms with van der Waals surface area (Å²) in [7, 11) is 0. The highest BCUT2D eigenvalue weighted by molar-refractivity contribution is 5.84. The average Bonchev–Trinajstić information content (AvgIpc) is 3.07. The first-order chi connectivity index (χ1) is 14.1. The first kappa shape index (κ1) is 18.0. The Morgan fingerprint density at radius 2 is 1.83 bits per heavy atom. The molecule has 1 aliphatic rings. The number of fused-ring (bicyclic) bond motifs is 3. The van der Waals surface area contributed by atoms with Gasteiger partial charge in [-0.2, -0.15) is 5.10 Å². The molecule has 0 amide bonds. The van der Waals surface area contributed by atoms with Gasteiger partial charge in [0.1, 0.15) is 5.52 Å². The summed E-state index contributed by atoms with van der Waals surface area (Å²) in [5.41, 5.74) is 4.57. The Bertz CT molecular complexity index is 1260. The van der Waals surface area contributed by atoms with E-state index in [1.54, 1.807) is 4.52 Å². The zero-order valence-corrected chi connectivity index (χ0v) is 17.0. The van der Waals surface area contributed by atoms with Crippen LogP contribution >= 0.6 is 0 Å². The lowest BCUT2D eigenvalue weighted by Crippen LogP contribution is -2.34. The summed E-state index contributed by atoms with van der Waals surface area (Å²) in [4.78, 5) is 13.3. The van der Waals surface area contributed by atoms with Crippen LogP contribution in [0.5, 0.6) is 0 Å². The van der Waals surface area contributed by atoms with E-state index in [1.807, 2.05) is 54.1 Å². The Morgan fingerprint density at radius 1 is 1.03 bits per heavy atom. The van der Waals surface area contributed by atoms with Crippen molar-refractivity contribution >= 4 is 16.7 Å². The van der Waals surface area contributed by atoms with Crippen LogP contribution in [0, 0.1) is 18.8 Å². The molecule has 6 nitrogen and oxygen atoms in total. The molecule has 0 saturated heterocycles. The summed E-state index contributed by atoms with van der Waals surface area (Å²) in [5.74, 6) is 1.08. The van der Waals surface area contributed by atoms with E-state index >= 15 is 0 Å². The van der Waals surface area contributed by atoms with E-state index in [0.717, 1.165) is 29.7 Å². The van der Waals surface area contributed by atoms with E-state index in [1.165, 1.54) is 6.42 Å². The van der Waals surface area contributed by atoms with Gasteiger partial charge in [-0.05, 0) is 36.8 Å². The predicted octanol–water partition coefficient (Wildman–Crippen LogP) is 4.41. The molecule has 1 aromatic carbocycles. The molecule has 6 heteroatoms. The van der Waals surface area contributed by atoms with Crippen molar-refractivity contribution in [2.24, 2.45) is 11.8 Å². The van der Waals surface area contributed by atoms with Crippen LogP contribution in [-0.4, -0.2) is 24.4 Å². The minimum atomic E-state index is -0.0720. The van der Waals surface area contributed by atoms with Gasteiger partial charge in [-0.1, -0.05) is 57.0 Å². The first-order valence-corrected chi connectivity index (χ1v) is 10.4. The van der Waals surface area contributed by atoms with E-state index in [0.29, 0.717) is 28.5 Å². The largest absolute Gasteiger partial charge is 0.310 e. The summed E-state index contributed by atoms with van der Waals surface area (Å²) in [6.45, 7) is 6.50. The van der Waals surface area contributed by atoms with Gasteiger partial charge < -0.3 is 4.57 Å². The number of benzene rings is 1. The number of hydrogen-bond donors (Lipinski definition) is 0. The van der Waals surface area contributed by atoms with Crippen LogP contribution < -0.4 is 5.56 Å². The molecule has 3 heterocycles. The second-order valence-electron chi connectivity index (χ2n) is 8.36. The summed E-state index contributed by atoms with van der Waals surface area (Å²) in [6, 6.07) is 12.2. The smallest absolute Gasteiger partial charge is 0.280 e. The number of aryl methyl sites for hydroxylation is 1. The van der Waals surface area contributed by atoms with Crippen molar-refractivity contribution in [1.82, 2.24) is 24.4 Å². The second-order valence-corrected chi connectivity index (χ2v) is 8.36. The molecule has 0 unspecified atom stereocenters. The number of hydrogen-bond acceptors (Lipinski definition) is 4. The van der Waals surface area contributed by atoms with E-state index in [4.69, 9.17) is 5.10 Å². The number of aromatic nitrogens is 5. The molecule has 29 heavy (non-hydrogen) atoms. The third kappa shape index (κ3) is 2.77. The van der Waals surface area contributed by atoms with E-state index in [9.17, 15) is 4.79 Å². The van der Waals surface area contributed by atoms with E-state index in [-0.39, 0.29) is 11.6 Å². The maximum atomic E-state index is 13.3. The van der Waals surface area contributed by atoms with Crippen LogP contribution in [0.4, 0.5) is 0 Å². The van der Waals surface area contributed by atoms with E-state index in [2.05, 4.69) is 24.0 Å². The number of nitrogens with zero attached hydrogens (tertiary/aromatic N) is 5. The molecule has 3 atom stereocenters. The SMILES string of the molecule is Cc1nn2c(nnc3c(=O)n([C@@H]4CCC[C@@H](C)[C@H]4C)ccc32)c1-c1ccccc1. The van der Waals surface area contributed by atoms with Crippen molar-refractivity contribution in [3.05, 3.63) is 58.6 Å². The van der Waals surface area contributed by atoms with Crippen LogP contribution in [0.2, 0.25) is 0 Å². The van der Waals surface area contributed by atoms with Gasteiger partial charge in [-0.3, -0.25) is 4.79 Å². The zero-order chi connectivity index (χ0) is 20.1. The van der Waals surface area contributed by atoms with Crippen LogP contribution in [-0.2, 0) is 0 Å². The monoisotopic (exact) mass is 387 g/mol. The summed E-state index contributed by atoms with van der Waals surface area (Å²) in [6.07, 6.45) is 5.34. The molecular weight excluding hydrogens is 362 g/mol. The Morgan fingerprint density at radius 3 is 2.62 bits per heavy atom. The van der Waals surface area contributed by atoms with Crippen molar-refractivity contribution in [1.29, 1.82) is 0 Å². The zero-order valence-electron chi connectivity index (χ0n) is 17.0. The quantitative estimate of drug-likeness (QED) is 0.511. The van der Waals surface area contributed by atoms with Crippen LogP contribution in [0.3, 0.4) is 0 Å². The van der Waals surface area contributed by atoms with Gasteiger partial charge in [-0.15, -0.1) is 10.2 Å². The van der Waals surface area contributed by atoms with E-state index < -0.39 is 0 Å². The Kier molecular flexibility index (Phi) is 4.23. The van der Waals surface area contributed by atoms with Gasteiger partial charge in [0, 0.05) is 12.2 Å². The molecule has 1 saturated carbocycles. The lowest BCUT2D eigenvalue weighted by Gasteiger charge is -2.35. The second kappa shape index (κ2) is 6.79. The highest BCUT2D eigenvalue weighted by Gasteiger charge is 2.29. The summed E-state index contributed by atoms with van der Waals surface area (Å²) < 4.78 is 3.64. The number of rotatable bonds is 2. The molecule has 5 rings (SSSR count). The van der Waals surface area contributed by atoms with Crippen molar-refractivity contribution < 1.29 is 0 Å². The van der Waals surface area contributed by atoms with Crippen molar-refractivity contribution in [2.75, 3.05) is 0 Å². The molecule has 0 aliphatic heterocycles. The lowest BCUT2D eigenvalue weighted by molar-refractivity contribution is 0.183. The molecule has 0 N–H and O–H groups in total. The third-order valence-corrected chi connectivity index (χ3v) is 6.67. The van der Waals surface area contributed by atoms with Gasteiger partial charge >= 0.3 is 0 Å².